The number of ketones is 1. The number of halogens is 17. The second-order valence-electron chi connectivity index (χ2n) is 7.06. The van der Waals surface area contributed by atoms with E-state index in [4.69, 9.17) is 25.5 Å². The molecule has 4 atom stereocenters. The number of aliphatic hydroxyl groups is 5. The second-order valence-corrected chi connectivity index (χ2v) is 7.06. The molecule has 0 aliphatic rings. The number of hydrogen-bond acceptors (Lipinski definition) is 6. The van der Waals surface area contributed by atoms with Crippen molar-refractivity contribution >= 4 is 5.78 Å². The predicted octanol–water partition coefficient (Wildman–Crippen LogP) is 2.00. The third kappa shape index (κ3) is 4.91. The Kier molecular flexibility index (Phi) is 9.33. The van der Waals surface area contributed by atoms with Crippen molar-refractivity contribution < 1.29 is 105 Å². The first-order valence-electron chi connectivity index (χ1n) is 8.46. The fourth-order valence-corrected chi connectivity index (χ4v) is 2.18. The van der Waals surface area contributed by atoms with Crippen molar-refractivity contribution in [1.29, 1.82) is 0 Å². The fourth-order valence-electron chi connectivity index (χ4n) is 2.18. The van der Waals surface area contributed by atoms with E-state index >= 15 is 0 Å². The van der Waals surface area contributed by atoms with Gasteiger partial charge in [-0.1, -0.05) is 0 Å². The quantitative estimate of drug-likeness (QED) is 0.220. The Morgan fingerprint density at radius 2 is 0.811 bits per heavy atom. The number of carbonyl (C=O) groups is 1. The summed E-state index contributed by atoms with van der Waals surface area (Å²) in [4.78, 5) is 11.3. The lowest BCUT2D eigenvalue weighted by Crippen LogP contribution is -2.75. The maximum atomic E-state index is 13.7. The van der Waals surface area contributed by atoms with Gasteiger partial charge in [-0.25, -0.2) is 0 Å². The van der Waals surface area contributed by atoms with Crippen molar-refractivity contribution in [1.82, 2.24) is 0 Å². The normalized spacial score (nSPS) is 18.9. The van der Waals surface area contributed by atoms with Gasteiger partial charge >= 0.3 is 47.6 Å². The fraction of sp³-hybridized carbons (Fsp3) is 0.929. The summed E-state index contributed by atoms with van der Waals surface area (Å²) in [5, 5.41) is 44.6. The van der Waals surface area contributed by atoms with Crippen LogP contribution in [0.4, 0.5) is 74.6 Å². The molecule has 0 saturated heterocycles. The van der Waals surface area contributed by atoms with Crippen LogP contribution >= 0.6 is 0 Å². The van der Waals surface area contributed by atoms with Crippen LogP contribution in [0.25, 0.3) is 0 Å². The topological polar surface area (TPSA) is 118 Å². The average Bonchev–Trinajstić information content (AvgIpc) is 2.74. The largest absolute Gasteiger partial charge is 0.460 e. The van der Waals surface area contributed by atoms with E-state index in [1.165, 1.54) is 0 Å². The Bertz CT molecular complexity index is 826. The molecule has 0 unspecified atom stereocenters. The molecule has 0 spiro atoms. The van der Waals surface area contributed by atoms with E-state index < -0.39 is 84.4 Å². The van der Waals surface area contributed by atoms with Crippen LogP contribution in [0.3, 0.4) is 0 Å². The highest BCUT2D eigenvalue weighted by Gasteiger charge is 2.95. The minimum Gasteiger partial charge on any atom is -0.394 e. The molecule has 0 aromatic heterocycles. The minimum atomic E-state index is -8.96. The van der Waals surface area contributed by atoms with Gasteiger partial charge in [-0.3, -0.25) is 4.79 Å². The van der Waals surface area contributed by atoms with Gasteiger partial charge in [0, 0.05) is 0 Å². The van der Waals surface area contributed by atoms with Gasteiger partial charge in [0.2, 0.25) is 5.78 Å². The van der Waals surface area contributed by atoms with Crippen molar-refractivity contribution in [3.05, 3.63) is 0 Å². The molecule has 0 heterocycles. The smallest absolute Gasteiger partial charge is 0.394 e. The van der Waals surface area contributed by atoms with Crippen LogP contribution in [-0.4, -0.2) is 110 Å². The van der Waals surface area contributed by atoms with Gasteiger partial charge in [-0.15, -0.1) is 0 Å². The van der Waals surface area contributed by atoms with Gasteiger partial charge in [0.1, 0.15) is 24.4 Å². The van der Waals surface area contributed by atoms with E-state index in [1.54, 1.807) is 0 Å². The van der Waals surface area contributed by atoms with Crippen molar-refractivity contribution in [2.75, 3.05) is 6.61 Å². The van der Waals surface area contributed by atoms with Gasteiger partial charge in [-0.2, -0.15) is 74.6 Å². The standard InChI is InChI=1S/C14H11F17O6/c15-7(16,6(37)5(36)4(35)3(34)2(33)1-32)8(17,18)9(19,20)10(21,22)11(23,24)12(25,26)13(27,28)14(29,30)31/h2-5,32-36H,1H2/t2-,3-,4+,5-/m1/s1. The van der Waals surface area contributed by atoms with Crippen molar-refractivity contribution in [2.24, 2.45) is 0 Å². The summed E-state index contributed by atoms with van der Waals surface area (Å²) >= 11 is 0. The summed E-state index contributed by atoms with van der Waals surface area (Å²) in [6.45, 7) is -1.65. The monoisotopic (exact) mass is 598 g/mol. The molecule has 0 fully saturated rings. The zero-order valence-corrected chi connectivity index (χ0v) is 16.6. The number of carbonyl (C=O) groups excluding carboxylic acids is 1. The molecule has 0 bridgehead atoms. The van der Waals surface area contributed by atoms with Crippen LogP contribution in [0.1, 0.15) is 0 Å². The Balaban J connectivity index is 6.74. The molecule has 0 rings (SSSR count). The lowest BCUT2D eigenvalue weighted by Gasteiger charge is -2.42. The van der Waals surface area contributed by atoms with E-state index in [0.29, 0.717) is 0 Å². The summed E-state index contributed by atoms with van der Waals surface area (Å²) in [5.74, 6) is -64.2. The van der Waals surface area contributed by atoms with E-state index in [0.717, 1.165) is 0 Å². The number of aliphatic hydroxyl groups excluding tert-OH is 5. The highest BCUT2D eigenvalue weighted by molar-refractivity contribution is 5.91. The first-order chi connectivity index (χ1) is 15.9. The molecule has 0 radical (unpaired) electrons. The third-order valence-electron chi connectivity index (χ3n) is 4.55. The van der Waals surface area contributed by atoms with Gasteiger partial charge in [0.25, 0.3) is 0 Å². The Hall–Kier alpha value is -1.72. The van der Waals surface area contributed by atoms with E-state index in [1.807, 2.05) is 0 Å². The summed E-state index contributed by atoms with van der Waals surface area (Å²) < 4.78 is 223. The second kappa shape index (κ2) is 9.79. The zero-order chi connectivity index (χ0) is 30.6. The Morgan fingerprint density at radius 3 is 1.11 bits per heavy atom. The van der Waals surface area contributed by atoms with Gasteiger partial charge in [-0.05, 0) is 0 Å². The lowest BCUT2D eigenvalue weighted by atomic mass is 9.86. The molecule has 5 N–H and O–H groups in total. The van der Waals surface area contributed by atoms with E-state index in [-0.39, 0.29) is 0 Å². The average molecular weight is 598 g/mol. The first-order valence-corrected chi connectivity index (χ1v) is 8.46. The Morgan fingerprint density at radius 1 is 0.514 bits per heavy atom. The molecule has 6 nitrogen and oxygen atoms in total. The van der Waals surface area contributed by atoms with Crippen LogP contribution in [0.5, 0.6) is 0 Å². The Labute approximate surface area is 190 Å². The van der Waals surface area contributed by atoms with Crippen molar-refractivity contribution in [3.63, 3.8) is 0 Å². The summed E-state index contributed by atoms with van der Waals surface area (Å²) in [7, 11) is 0. The highest BCUT2D eigenvalue weighted by atomic mass is 19.4. The molecular weight excluding hydrogens is 587 g/mol. The van der Waals surface area contributed by atoms with E-state index in [2.05, 4.69) is 0 Å². The van der Waals surface area contributed by atoms with Gasteiger partial charge in [0.15, 0.2) is 0 Å². The van der Waals surface area contributed by atoms with E-state index in [9.17, 15) is 79.4 Å². The lowest BCUT2D eigenvalue weighted by molar-refractivity contribution is -0.459. The molecule has 37 heavy (non-hydrogen) atoms. The minimum absolute atomic E-state index is 1.65. The predicted molar refractivity (Wildman–Crippen MR) is 76.8 cm³/mol. The highest BCUT2D eigenvalue weighted by Crippen LogP contribution is 2.64. The number of Topliss-reactive ketones (excluding diaryl/α,β-unsaturated/α-hetero) is 1. The molecule has 0 saturated carbocycles. The number of rotatable bonds is 12. The molecule has 222 valence electrons. The van der Waals surface area contributed by atoms with Crippen LogP contribution in [-0.2, 0) is 4.79 Å². The molecule has 0 aliphatic carbocycles. The number of alkyl halides is 17. The molecule has 23 heteroatoms. The maximum Gasteiger partial charge on any atom is 0.460 e. The molecule has 0 aromatic rings. The van der Waals surface area contributed by atoms with Gasteiger partial charge in [0.05, 0.1) is 6.61 Å². The van der Waals surface area contributed by atoms with Crippen LogP contribution < -0.4 is 0 Å². The molecule has 0 aromatic carbocycles. The summed E-state index contributed by atoms with van der Waals surface area (Å²) in [5.41, 5.74) is 0. The SMILES string of the molecule is O=C([C@H](O)[C@@H](O)[C@H](O)[C@H](O)CO)C(F)(F)C(F)(F)C(F)(F)C(F)(F)C(F)(F)C(F)(F)C(F)(F)C(F)(F)F. The van der Waals surface area contributed by atoms with Crippen LogP contribution in [0, 0.1) is 0 Å². The van der Waals surface area contributed by atoms with Gasteiger partial charge < -0.3 is 25.5 Å². The maximum absolute atomic E-state index is 13.7. The zero-order valence-electron chi connectivity index (χ0n) is 16.6. The number of hydrogen-bond donors (Lipinski definition) is 5. The molecule has 0 amide bonds. The summed E-state index contributed by atoms with van der Waals surface area (Å²) in [6, 6.07) is 0. The van der Waals surface area contributed by atoms with Crippen molar-refractivity contribution in [3.8, 4) is 0 Å². The molecular formula is C14H11F17O6. The third-order valence-corrected chi connectivity index (χ3v) is 4.55. The molecule has 0 aliphatic heterocycles. The van der Waals surface area contributed by atoms with Crippen LogP contribution in [0.15, 0.2) is 0 Å². The van der Waals surface area contributed by atoms with Crippen molar-refractivity contribution in [2.45, 2.75) is 72.0 Å². The summed E-state index contributed by atoms with van der Waals surface area (Å²) in [6.07, 6.45) is -21.8. The first kappa shape index (κ1) is 35.3. The van der Waals surface area contributed by atoms with Crippen LogP contribution in [0.2, 0.25) is 0 Å².